The molecule has 0 radical (unpaired) electrons. The van der Waals surface area contributed by atoms with Crippen molar-refractivity contribution >= 4 is 21.9 Å². The first-order valence-corrected chi connectivity index (χ1v) is 10.5. The molecular weight excluding hydrogens is 396 g/mol. The number of nitrogens with zero attached hydrogens (tertiary/aromatic N) is 1. The van der Waals surface area contributed by atoms with Gasteiger partial charge in [-0.05, 0) is 62.4 Å². The second-order valence-corrected chi connectivity index (χ2v) is 8.82. The predicted molar refractivity (Wildman–Crippen MR) is 105 cm³/mol. The van der Waals surface area contributed by atoms with Crippen molar-refractivity contribution in [2.75, 3.05) is 13.1 Å². The minimum Gasteiger partial charge on any atom is -0.423 e. The second kappa shape index (κ2) is 8.32. The number of sulfonamides is 1. The number of carbonyl (C=O) groups is 2. The van der Waals surface area contributed by atoms with E-state index < -0.39 is 21.9 Å². The van der Waals surface area contributed by atoms with Crippen LogP contribution in [0.1, 0.15) is 34.6 Å². The lowest BCUT2D eigenvalue weighted by Gasteiger charge is -2.34. The Hall–Kier alpha value is -2.75. The lowest BCUT2D eigenvalue weighted by Crippen LogP contribution is -2.48. The fourth-order valence-electron chi connectivity index (χ4n) is 3.09. The average Bonchev–Trinajstić information content (AvgIpc) is 2.67. The molecule has 0 bridgehead atoms. The lowest BCUT2D eigenvalue weighted by atomic mass is 10.2. The maximum atomic E-state index is 12.9. The zero-order chi connectivity index (χ0) is 21.2. The first-order valence-electron chi connectivity index (χ1n) is 9.04. The molecule has 0 unspecified atom stereocenters. The van der Waals surface area contributed by atoms with E-state index in [9.17, 15) is 18.0 Å². The third-order valence-electron chi connectivity index (χ3n) is 4.46. The highest BCUT2D eigenvalue weighted by Crippen LogP contribution is 2.22. The van der Waals surface area contributed by atoms with Gasteiger partial charge in [-0.15, -0.1) is 0 Å². The normalized spacial score (nSPS) is 20.2. The van der Waals surface area contributed by atoms with E-state index in [1.807, 2.05) is 13.8 Å². The molecule has 2 aromatic rings. The fraction of sp³-hybridized carbons (Fsp3) is 0.300. The molecule has 0 saturated carbocycles. The van der Waals surface area contributed by atoms with E-state index in [2.05, 4.69) is 0 Å². The van der Waals surface area contributed by atoms with Crippen molar-refractivity contribution in [1.82, 2.24) is 4.31 Å². The molecule has 1 fully saturated rings. The van der Waals surface area contributed by atoms with Crippen molar-refractivity contribution in [2.24, 2.45) is 5.73 Å². The van der Waals surface area contributed by atoms with E-state index in [1.54, 1.807) is 0 Å². The van der Waals surface area contributed by atoms with Gasteiger partial charge in [0.15, 0.2) is 0 Å². The van der Waals surface area contributed by atoms with Crippen molar-refractivity contribution < 1.29 is 27.5 Å². The molecule has 1 aliphatic heterocycles. The fourth-order valence-corrected chi connectivity index (χ4v) is 4.68. The Kier molecular flexibility index (Phi) is 6.02. The Morgan fingerprint density at radius 2 is 1.48 bits per heavy atom. The van der Waals surface area contributed by atoms with Crippen LogP contribution in [0.15, 0.2) is 53.4 Å². The molecular formula is C20H22N2O6S. The van der Waals surface area contributed by atoms with E-state index in [0.29, 0.717) is 5.56 Å². The maximum Gasteiger partial charge on any atom is 0.343 e. The number of benzene rings is 2. The van der Waals surface area contributed by atoms with Crippen LogP contribution in [-0.4, -0.2) is 49.9 Å². The largest absolute Gasteiger partial charge is 0.423 e. The number of esters is 1. The molecule has 2 N–H and O–H groups in total. The number of primary amides is 1. The summed E-state index contributed by atoms with van der Waals surface area (Å²) in [6, 6.07) is 11.4. The van der Waals surface area contributed by atoms with Crippen LogP contribution in [0.5, 0.6) is 5.75 Å². The van der Waals surface area contributed by atoms with Gasteiger partial charge < -0.3 is 15.2 Å². The molecule has 0 aromatic heterocycles. The van der Waals surface area contributed by atoms with Crippen LogP contribution in [0.4, 0.5) is 0 Å². The molecule has 1 saturated heterocycles. The van der Waals surface area contributed by atoms with Gasteiger partial charge in [0.25, 0.3) is 0 Å². The molecule has 29 heavy (non-hydrogen) atoms. The van der Waals surface area contributed by atoms with Crippen LogP contribution in [-0.2, 0) is 14.8 Å². The maximum absolute atomic E-state index is 12.9. The number of amides is 1. The second-order valence-electron chi connectivity index (χ2n) is 6.88. The van der Waals surface area contributed by atoms with E-state index >= 15 is 0 Å². The van der Waals surface area contributed by atoms with Crippen LogP contribution < -0.4 is 10.5 Å². The van der Waals surface area contributed by atoms with Crippen molar-refractivity contribution in [2.45, 2.75) is 31.0 Å². The SMILES string of the molecule is C[C@@H]1CN(S(=O)(=O)c2ccc(C(=O)Oc3ccc(C(N)=O)cc3)cc2)C[C@H](C)O1. The molecule has 2 aromatic carbocycles. The minimum absolute atomic E-state index is 0.0983. The molecule has 1 amide bonds. The van der Waals surface area contributed by atoms with Crippen molar-refractivity contribution in [1.29, 1.82) is 0 Å². The zero-order valence-electron chi connectivity index (χ0n) is 16.1. The Morgan fingerprint density at radius 3 is 2.00 bits per heavy atom. The summed E-state index contributed by atoms with van der Waals surface area (Å²) in [7, 11) is -3.68. The van der Waals surface area contributed by atoms with Gasteiger partial charge in [-0.25, -0.2) is 13.2 Å². The number of nitrogens with two attached hydrogens (primary N) is 1. The molecule has 3 rings (SSSR count). The molecule has 1 aliphatic rings. The van der Waals surface area contributed by atoms with Crippen LogP contribution in [0.2, 0.25) is 0 Å². The number of hydrogen-bond donors (Lipinski definition) is 1. The third kappa shape index (κ3) is 4.81. The Balaban J connectivity index is 1.72. The Morgan fingerprint density at radius 1 is 0.966 bits per heavy atom. The van der Waals surface area contributed by atoms with Gasteiger partial charge in [0, 0.05) is 18.7 Å². The zero-order valence-corrected chi connectivity index (χ0v) is 16.9. The summed E-state index contributed by atoms with van der Waals surface area (Å²) >= 11 is 0. The highest BCUT2D eigenvalue weighted by molar-refractivity contribution is 7.89. The van der Waals surface area contributed by atoms with E-state index in [-0.39, 0.29) is 41.5 Å². The summed E-state index contributed by atoms with van der Waals surface area (Å²) in [5, 5.41) is 0. The summed E-state index contributed by atoms with van der Waals surface area (Å²) in [5.41, 5.74) is 5.67. The molecule has 0 spiro atoms. The summed E-state index contributed by atoms with van der Waals surface area (Å²) in [4.78, 5) is 23.5. The number of ether oxygens (including phenoxy) is 2. The Bertz CT molecular complexity index is 992. The summed E-state index contributed by atoms with van der Waals surface area (Å²) in [6.45, 7) is 4.20. The van der Waals surface area contributed by atoms with Crippen LogP contribution in [0.25, 0.3) is 0 Å². The topological polar surface area (TPSA) is 116 Å². The van der Waals surface area contributed by atoms with Gasteiger partial charge in [0.2, 0.25) is 15.9 Å². The standard InChI is InChI=1S/C20H22N2O6S/c1-13-11-22(12-14(2)27-13)29(25,26)18-9-5-16(6-10-18)20(24)28-17-7-3-15(4-8-17)19(21)23/h3-10,13-14H,11-12H2,1-2H3,(H2,21,23)/t13-,14+. The average molecular weight is 418 g/mol. The van der Waals surface area contributed by atoms with Crippen molar-refractivity contribution in [3.63, 3.8) is 0 Å². The van der Waals surface area contributed by atoms with Gasteiger partial charge in [-0.2, -0.15) is 4.31 Å². The van der Waals surface area contributed by atoms with E-state index in [4.69, 9.17) is 15.2 Å². The molecule has 154 valence electrons. The molecule has 9 heteroatoms. The molecule has 8 nitrogen and oxygen atoms in total. The van der Waals surface area contributed by atoms with Crippen LogP contribution >= 0.6 is 0 Å². The quantitative estimate of drug-likeness (QED) is 0.585. The predicted octanol–water partition coefficient (Wildman–Crippen LogP) is 1.80. The number of hydrogen-bond acceptors (Lipinski definition) is 6. The van der Waals surface area contributed by atoms with Gasteiger partial charge in [0.1, 0.15) is 5.75 Å². The van der Waals surface area contributed by atoms with E-state index in [0.717, 1.165) is 0 Å². The molecule has 2 atom stereocenters. The van der Waals surface area contributed by atoms with Gasteiger partial charge in [0.05, 0.1) is 22.7 Å². The minimum atomic E-state index is -3.68. The van der Waals surface area contributed by atoms with Gasteiger partial charge in [-0.1, -0.05) is 0 Å². The van der Waals surface area contributed by atoms with Crippen molar-refractivity contribution in [3.05, 3.63) is 59.7 Å². The number of carbonyl (C=O) groups excluding carboxylic acids is 2. The lowest BCUT2D eigenvalue weighted by molar-refractivity contribution is -0.0440. The van der Waals surface area contributed by atoms with Gasteiger partial charge >= 0.3 is 5.97 Å². The van der Waals surface area contributed by atoms with Crippen molar-refractivity contribution in [3.8, 4) is 5.75 Å². The van der Waals surface area contributed by atoms with Gasteiger partial charge in [-0.3, -0.25) is 4.79 Å². The summed E-state index contributed by atoms with van der Waals surface area (Å²) in [5.74, 6) is -0.980. The third-order valence-corrected chi connectivity index (χ3v) is 6.31. The Labute approximate surface area is 169 Å². The molecule has 1 heterocycles. The number of rotatable bonds is 5. The first kappa shape index (κ1) is 21.0. The summed E-state index contributed by atoms with van der Waals surface area (Å²) in [6.07, 6.45) is -0.382. The monoisotopic (exact) mass is 418 g/mol. The van der Waals surface area contributed by atoms with Crippen LogP contribution in [0.3, 0.4) is 0 Å². The number of morpholine rings is 1. The highest BCUT2D eigenvalue weighted by Gasteiger charge is 2.32. The highest BCUT2D eigenvalue weighted by atomic mass is 32.2. The first-order chi connectivity index (χ1) is 13.7. The van der Waals surface area contributed by atoms with E-state index in [1.165, 1.54) is 52.8 Å². The molecule has 0 aliphatic carbocycles. The smallest absolute Gasteiger partial charge is 0.343 e. The van der Waals surface area contributed by atoms with Crippen LogP contribution in [0, 0.1) is 0 Å². The summed E-state index contributed by atoms with van der Waals surface area (Å²) < 4.78 is 37.9.